The molecule has 0 aliphatic carbocycles. The molecule has 0 amide bonds. The normalized spacial score (nSPS) is 13.1. The molecule has 2 aromatic heterocycles. The molecule has 0 spiro atoms. The van der Waals surface area contributed by atoms with Crippen molar-refractivity contribution in [1.29, 1.82) is 0 Å². The molecule has 0 bridgehead atoms. The van der Waals surface area contributed by atoms with Crippen LogP contribution in [0.5, 0.6) is 0 Å². The third kappa shape index (κ3) is 1.54. The zero-order valence-corrected chi connectivity index (χ0v) is 8.14. The molecular weight excluding hydrogens is 180 g/mol. The van der Waals surface area contributed by atoms with E-state index < -0.39 is 0 Å². The minimum absolute atomic E-state index is 0.198. The summed E-state index contributed by atoms with van der Waals surface area (Å²) in [6.45, 7) is 1.82. The SMILES string of the molecule is CC(N)c1noc(-c2ccn(C)c2)n1. The van der Waals surface area contributed by atoms with Gasteiger partial charge in [-0.1, -0.05) is 5.16 Å². The molecule has 0 aromatic carbocycles. The summed E-state index contributed by atoms with van der Waals surface area (Å²) in [4.78, 5) is 4.18. The van der Waals surface area contributed by atoms with Crippen molar-refractivity contribution in [3.05, 3.63) is 24.3 Å². The average Bonchev–Trinajstić information content (AvgIpc) is 2.70. The topological polar surface area (TPSA) is 69.9 Å². The Hall–Kier alpha value is -1.62. The fourth-order valence-corrected chi connectivity index (χ4v) is 1.17. The van der Waals surface area contributed by atoms with Gasteiger partial charge in [0.25, 0.3) is 5.89 Å². The summed E-state index contributed by atoms with van der Waals surface area (Å²) in [6, 6.07) is 1.72. The standard InChI is InChI=1S/C9H12N4O/c1-6(10)8-11-9(14-12-8)7-3-4-13(2)5-7/h3-6H,10H2,1-2H3. The first-order valence-electron chi connectivity index (χ1n) is 4.38. The van der Waals surface area contributed by atoms with Gasteiger partial charge in [-0.25, -0.2) is 0 Å². The van der Waals surface area contributed by atoms with Gasteiger partial charge in [-0.05, 0) is 13.0 Å². The lowest BCUT2D eigenvalue weighted by Crippen LogP contribution is -2.06. The molecule has 1 unspecified atom stereocenters. The van der Waals surface area contributed by atoms with Crippen LogP contribution in [0.3, 0.4) is 0 Å². The van der Waals surface area contributed by atoms with Gasteiger partial charge in [0.2, 0.25) is 0 Å². The van der Waals surface area contributed by atoms with E-state index in [4.69, 9.17) is 10.3 Å². The number of hydrogen-bond acceptors (Lipinski definition) is 4. The number of nitrogens with two attached hydrogens (primary N) is 1. The van der Waals surface area contributed by atoms with E-state index in [-0.39, 0.29) is 6.04 Å². The number of aromatic nitrogens is 3. The summed E-state index contributed by atoms with van der Waals surface area (Å²) in [5.74, 6) is 1.04. The largest absolute Gasteiger partial charge is 0.356 e. The summed E-state index contributed by atoms with van der Waals surface area (Å²) >= 11 is 0. The van der Waals surface area contributed by atoms with Crippen LogP contribution in [0.25, 0.3) is 11.5 Å². The third-order valence-electron chi connectivity index (χ3n) is 1.93. The second-order valence-electron chi connectivity index (χ2n) is 3.31. The molecule has 2 rings (SSSR count). The fraction of sp³-hybridized carbons (Fsp3) is 0.333. The molecule has 0 fully saturated rings. The maximum absolute atomic E-state index is 5.62. The van der Waals surface area contributed by atoms with Crippen LogP contribution in [-0.2, 0) is 7.05 Å². The lowest BCUT2D eigenvalue weighted by atomic mass is 10.3. The molecule has 0 aliphatic heterocycles. The van der Waals surface area contributed by atoms with E-state index in [2.05, 4.69) is 10.1 Å². The summed E-state index contributed by atoms with van der Waals surface area (Å²) in [5, 5.41) is 3.78. The van der Waals surface area contributed by atoms with Gasteiger partial charge in [0, 0.05) is 19.4 Å². The second-order valence-corrected chi connectivity index (χ2v) is 3.31. The van der Waals surface area contributed by atoms with Gasteiger partial charge in [-0.15, -0.1) is 0 Å². The molecule has 5 heteroatoms. The molecule has 5 nitrogen and oxygen atoms in total. The zero-order valence-electron chi connectivity index (χ0n) is 8.14. The van der Waals surface area contributed by atoms with Gasteiger partial charge >= 0.3 is 0 Å². The molecule has 0 saturated carbocycles. The third-order valence-corrected chi connectivity index (χ3v) is 1.93. The molecule has 2 aromatic rings. The van der Waals surface area contributed by atoms with E-state index in [9.17, 15) is 0 Å². The minimum Gasteiger partial charge on any atom is -0.356 e. The Labute approximate surface area is 81.5 Å². The van der Waals surface area contributed by atoms with Crippen molar-refractivity contribution in [3.63, 3.8) is 0 Å². The van der Waals surface area contributed by atoms with Crippen molar-refractivity contribution in [2.24, 2.45) is 12.8 Å². The molecule has 14 heavy (non-hydrogen) atoms. The van der Waals surface area contributed by atoms with Gasteiger partial charge in [-0.3, -0.25) is 0 Å². The first kappa shape index (κ1) is 8.96. The summed E-state index contributed by atoms with van der Waals surface area (Å²) in [5.41, 5.74) is 6.53. The monoisotopic (exact) mass is 192 g/mol. The highest BCUT2D eigenvalue weighted by molar-refractivity contribution is 5.51. The van der Waals surface area contributed by atoms with E-state index in [1.165, 1.54) is 0 Å². The van der Waals surface area contributed by atoms with Crippen molar-refractivity contribution in [3.8, 4) is 11.5 Å². The van der Waals surface area contributed by atoms with Crippen molar-refractivity contribution < 1.29 is 4.52 Å². The van der Waals surface area contributed by atoms with Crippen LogP contribution in [-0.4, -0.2) is 14.7 Å². The van der Waals surface area contributed by atoms with Gasteiger partial charge in [0.05, 0.1) is 11.6 Å². The van der Waals surface area contributed by atoms with E-state index in [0.717, 1.165) is 5.56 Å². The van der Waals surface area contributed by atoms with E-state index >= 15 is 0 Å². The maximum Gasteiger partial charge on any atom is 0.259 e. The van der Waals surface area contributed by atoms with Crippen LogP contribution in [0.4, 0.5) is 0 Å². The van der Waals surface area contributed by atoms with Crippen LogP contribution in [0.15, 0.2) is 23.0 Å². The van der Waals surface area contributed by atoms with Crippen LogP contribution in [0.1, 0.15) is 18.8 Å². The van der Waals surface area contributed by atoms with Gasteiger partial charge in [0.15, 0.2) is 5.82 Å². The highest BCUT2D eigenvalue weighted by Gasteiger charge is 2.11. The first-order valence-corrected chi connectivity index (χ1v) is 4.38. The maximum atomic E-state index is 5.62. The molecule has 2 heterocycles. The Kier molecular flexibility index (Phi) is 2.09. The Balaban J connectivity index is 2.33. The Morgan fingerprint density at radius 3 is 2.86 bits per heavy atom. The molecule has 0 aliphatic rings. The Morgan fingerprint density at radius 2 is 2.36 bits per heavy atom. The Morgan fingerprint density at radius 1 is 1.57 bits per heavy atom. The van der Waals surface area contributed by atoms with Gasteiger partial charge < -0.3 is 14.8 Å². The molecule has 1 atom stereocenters. The zero-order chi connectivity index (χ0) is 10.1. The number of aryl methyl sites for hydroxylation is 1. The van der Waals surface area contributed by atoms with E-state index in [1.54, 1.807) is 0 Å². The van der Waals surface area contributed by atoms with Crippen molar-refractivity contribution in [2.75, 3.05) is 0 Å². The van der Waals surface area contributed by atoms with E-state index in [1.807, 2.05) is 37.0 Å². The molecule has 0 radical (unpaired) electrons. The molecule has 2 N–H and O–H groups in total. The van der Waals surface area contributed by atoms with Crippen molar-refractivity contribution in [2.45, 2.75) is 13.0 Å². The molecular formula is C9H12N4O. The molecule has 74 valence electrons. The molecule has 0 saturated heterocycles. The van der Waals surface area contributed by atoms with Crippen molar-refractivity contribution in [1.82, 2.24) is 14.7 Å². The lowest BCUT2D eigenvalue weighted by Gasteiger charge is -1.92. The first-order chi connectivity index (χ1) is 6.66. The predicted molar refractivity (Wildman–Crippen MR) is 51.3 cm³/mol. The number of hydrogen-bond donors (Lipinski definition) is 1. The number of rotatable bonds is 2. The van der Waals surface area contributed by atoms with Crippen LogP contribution in [0.2, 0.25) is 0 Å². The van der Waals surface area contributed by atoms with Gasteiger partial charge in [-0.2, -0.15) is 4.98 Å². The van der Waals surface area contributed by atoms with Crippen molar-refractivity contribution >= 4 is 0 Å². The average molecular weight is 192 g/mol. The fourth-order valence-electron chi connectivity index (χ4n) is 1.17. The summed E-state index contributed by atoms with van der Waals surface area (Å²) in [7, 11) is 1.94. The lowest BCUT2D eigenvalue weighted by molar-refractivity contribution is 0.418. The Bertz CT molecular complexity index is 429. The predicted octanol–water partition coefficient (Wildman–Crippen LogP) is 1.09. The smallest absolute Gasteiger partial charge is 0.259 e. The quantitative estimate of drug-likeness (QED) is 0.773. The number of nitrogens with zero attached hydrogens (tertiary/aromatic N) is 3. The van der Waals surface area contributed by atoms with E-state index in [0.29, 0.717) is 11.7 Å². The van der Waals surface area contributed by atoms with Crippen LogP contribution < -0.4 is 5.73 Å². The second kappa shape index (κ2) is 3.26. The minimum atomic E-state index is -0.198. The van der Waals surface area contributed by atoms with Crippen LogP contribution in [0, 0.1) is 0 Å². The summed E-state index contributed by atoms with van der Waals surface area (Å²) in [6.07, 6.45) is 3.84. The highest BCUT2D eigenvalue weighted by Crippen LogP contribution is 2.18. The highest BCUT2D eigenvalue weighted by atomic mass is 16.5. The van der Waals surface area contributed by atoms with Crippen LogP contribution >= 0.6 is 0 Å². The van der Waals surface area contributed by atoms with Gasteiger partial charge in [0.1, 0.15) is 0 Å². The summed E-state index contributed by atoms with van der Waals surface area (Å²) < 4.78 is 6.99.